The number of aromatic nitrogens is 2. The molecule has 1 aromatic heterocycles. The number of aliphatic hydroxyl groups is 3. The number of nitrogens with zero attached hydrogens (tertiary/aromatic N) is 2. The maximum Gasteiger partial charge on any atom is 0.335 e. The maximum absolute atomic E-state index is 12.1. The number of aliphatic carboxylic acids is 2. The van der Waals surface area contributed by atoms with Crippen molar-refractivity contribution in [2.24, 2.45) is 23.7 Å². The van der Waals surface area contributed by atoms with E-state index >= 15 is 0 Å². The predicted octanol–water partition coefficient (Wildman–Crippen LogP) is 2.19. The first-order chi connectivity index (χ1) is 16.1. The molecule has 3 unspecified atom stereocenters. The second-order valence-electron chi connectivity index (χ2n) is 9.73. The lowest BCUT2D eigenvalue weighted by Crippen LogP contribution is -2.61. The summed E-state index contributed by atoms with van der Waals surface area (Å²) in [5, 5.41) is 45.3. The Morgan fingerprint density at radius 3 is 2.00 bits per heavy atom. The highest BCUT2D eigenvalue weighted by Gasteiger charge is 2.60. The van der Waals surface area contributed by atoms with Crippen molar-refractivity contribution in [1.82, 2.24) is 9.55 Å². The number of benzene rings is 1. The van der Waals surface area contributed by atoms with E-state index < -0.39 is 29.7 Å². The fourth-order valence-corrected chi connectivity index (χ4v) is 6.63. The molecule has 1 heterocycles. The normalized spacial score (nSPS) is 31.8. The van der Waals surface area contributed by atoms with E-state index in [4.69, 9.17) is 32.0 Å². The molecule has 0 saturated heterocycles. The zero-order valence-electron chi connectivity index (χ0n) is 18.4. The van der Waals surface area contributed by atoms with Crippen LogP contribution in [0.2, 0.25) is 5.02 Å². The van der Waals surface area contributed by atoms with Crippen molar-refractivity contribution in [3.8, 4) is 0 Å². The third-order valence-corrected chi connectivity index (χ3v) is 7.91. The molecule has 0 amide bonds. The van der Waals surface area contributed by atoms with Crippen LogP contribution in [0.5, 0.6) is 0 Å². The van der Waals surface area contributed by atoms with Gasteiger partial charge in [0.1, 0.15) is 0 Å². The minimum absolute atomic E-state index is 0.103. The summed E-state index contributed by atoms with van der Waals surface area (Å²) in [5.74, 6) is -1.10. The van der Waals surface area contributed by atoms with Crippen molar-refractivity contribution in [1.29, 1.82) is 0 Å². The van der Waals surface area contributed by atoms with Crippen molar-refractivity contribution in [2.75, 3.05) is 0 Å². The number of carboxylic acids is 2. The Hall–Kier alpha value is -2.46. The first-order valence-electron chi connectivity index (χ1n) is 11.4. The van der Waals surface area contributed by atoms with Gasteiger partial charge in [-0.1, -0.05) is 23.7 Å². The van der Waals surface area contributed by atoms with Gasteiger partial charge in [-0.25, -0.2) is 14.6 Å². The summed E-state index contributed by atoms with van der Waals surface area (Å²) in [5.41, 5.74) is 0.397. The molecule has 2 aromatic rings. The lowest BCUT2D eigenvalue weighted by molar-refractivity contribution is -0.190. The van der Waals surface area contributed by atoms with Gasteiger partial charge < -0.3 is 30.1 Å². The van der Waals surface area contributed by atoms with Crippen molar-refractivity contribution < 1.29 is 35.1 Å². The summed E-state index contributed by atoms with van der Waals surface area (Å²) in [6.45, 7) is 0. The van der Waals surface area contributed by atoms with Crippen molar-refractivity contribution >= 4 is 23.5 Å². The molecule has 4 saturated carbocycles. The molecule has 184 valence electrons. The number of halogens is 1. The monoisotopic (exact) mass is 492 g/mol. The summed E-state index contributed by atoms with van der Waals surface area (Å²) in [7, 11) is 0. The van der Waals surface area contributed by atoms with Crippen LogP contribution in [-0.4, -0.2) is 64.8 Å². The Balaban J connectivity index is 0.000000235. The van der Waals surface area contributed by atoms with Gasteiger partial charge in [0.05, 0.1) is 18.0 Å². The molecule has 10 heteroatoms. The van der Waals surface area contributed by atoms with E-state index in [2.05, 4.69) is 15.6 Å². The molecule has 1 aromatic carbocycles. The third-order valence-electron chi connectivity index (χ3n) is 7.68. The SMILES string of the molecule is O=C(O)C(O)C(O)C(=O)O.OC1(C(c2cccc(Cl)c2)n2ccnc2)C2CC3CC(C2)CC1C3. The topological polar surface area (TPSA) is 153 Å². The van der Waals surface area contributed by atoms with Crippen LogP contribution in [0, 0.1) is 23.7 Å². The van der Waals surface area contributed by atoms with Crippen LogP contribution < -0.4 is 0 Å². The standard InChI is InChI=1S/C20H23ClN2O.C4H6O6/c21-18-3-1-2-15(11-18)19(23-5-4-22-12-23)20(24)16-7-13-6-14(9-16)10-17(20)8-13;5-1(3(7)8)2(6)4(9)10/h1-5,11-14,16-17,19,24H,6-10H2;1-2,5-6H,(H,7,8)(H,9,10). The largest absolute Gasteiger partial charge is 0.479 e. The highest BCUT2D eigenvalue weighted by Crippen LogP contribution is 2.62. The Kier molecular flexibility index (Phi) is 7.00. The van der Waals surface area contributed by atoms with E-state index in [1.807, 2.05) is 30.7 Å². The maximum atomic E-state index is 12.1. The number of aliphatic hydroxyl groups excluding tert-OH is 2. The van der Waals surface area contributed by atoms with Gasteiger partial charge in [0, 0.05) is 17.4 Å². The van der Waals surface area contributed by atoms with Crippen molar-refractivity contribution in [3.63, 3.8) is 0 Å². The molecule has 4 aliphatic carbocycles. The molecule has 0 aliphatic heterocycles. The number of hydrogen-bond donors (Lipinski definition) is 5. The van der Waals surface area contributed by atoms with Crippen LogP contribution in [0.3, 0.4) is 0 Å². The van der Waals surface area contributed by atoms with Gasteiger partial charge in [-0.05, 0) is 73.5 Å². The average Bonchev–Trinajstić information content (AvgIpc) is 3.30. The number of carboxylic acid groups (broad SMARTS) is 2. The fraction of sp³-hybridized carbons (Fsp3) is 0.542. The van der Waals surface area contributed by atoms with Crippen LogP contribution >= 0.6 is 11.6 Å². The lowest BCUT2D eigenvalue weighted by Gasteiger charge is -2.61. The molecular weight excluding hydrogens is 464 g/mol. The summed E-state index contributed by atoms with van der Waals surface area (Å²) in [4.78, 5) is 23.8. The average molecular weight is 493 g/mol. The number of rotatable bonds is 6. The molecular formula is C24H29ClN2O7. The minimum Gasteiger partial charge on any atom is -0.479 e. The summed E-state index contributed by atoms with van der Waals surface area (Å²) in [6.07, 6.45) is 7.18. The molecule has 9 nitrogen and oxygen atoms in total. The van der Waals surface area contributed by atoms with Crippen molar-refractivity contribution in [3.05, 3.63) is 53.6 Å². The van der Waals surface area contributed by atoms with Crippen LogP contribution in [0.1, 0.15) is 43.7 Å². The van der Waals surface area contributed by atoms with E-state index in [0.29, 0.717) is 11.8 Å². The summed E-state index contributed by atoms with van der Waals surface area (Å²) < 4.78 is 2.09. The van der Waals surface area contributed by atoms with Crippen molar-refractivity contribution in [2.45, 2.75) is 56.0 Å². The molecule has 0 spiro atoms. The number of hydrogen-bond acceptors (Lipinski definition) is 6. The van der Waals surface area contributed by atoms with Crippen LogP contribution in [0.25, 0.3) is 0 Å². The molecule has 0 radical (unpaired) electrons. The Labute approximate surface area is 201 Å². The Bertz CT molecular complexity index is 982. The van der Waals surface area contributed by atoms with Gasteiger partial charge in [0.25, 0.3) is 0 Å². The van der Waals surface area contributed by atoms with E-state index in [-0.39, 0.29) is 6.04 Å². The first-order valence-corrected chi connectivity index (χ1v) is 11.8. The van der Waals surface area contributed by atoms with Gasteiger partial charge in [-0.3, -0.25) is 0 Å². The van der Waals surface area contributed by atoms with E-state index in [1.165, 1.54) is 32.1 Å². The highest BCUT2D eigenvalue weighted by molar-refractivity contribution is 6.30. The van der Waals surface area contributed by atoms with E-state index in [1.54, 1.807) is 6.20 Å². The lowest BCUT2D eigenvalue weighted by atomic mass is 9.48. The summed E-state index contributed by atoms with van der Waals surface area (Å²) >= 11 is 6.28. The van der Waals surface area contributed by atoms with Gasteiger partial charge in [-0.2, -0.15) is 0 Å². The second-order valence-corrected chi connectivity index (χ2v) is 10.2. The Morgan fingerprint density at radius 2 is 1.56 bits per heavy atom. The molecule has 4 fully saturated rings. The highest BCUT2D eigenvalue weighted by atomic mass is 35.5. The van der Waals surface area contributed by atoms with E-state index in [0.717, 1.165) is 22.4 Å². The smallest absolute Gasteiger partial charge is 0.335 e. The minimum atomic E-state index is -2.27. The third kappa shape index (κ3) is 4.57. The first kappa shape index (κ1) is 24.7. The fourth-order valence-electron chi connectivity index (χ4n) is 6.43. The Morgan fingerprint density at radius 1 is 1.00 bits per heavy atom. The number of carbonyl (C=O) groups is 2. The molecule has 5 N–H and O–H groups in total. The number of imidazole rings is 1. The second kappa shape index (κ2) is 9.65. The zero-order valence-corrected chi connectivity index (χ0v) is 19.2. The molecule has 4 bridgehead atoms. The quantitative estimate of drug-likeness (QED) is 0.411. The van der Waals surface area contributed by atoms with Crippen LogP contribution in [0.4, 0.5) is 0 Å². The summed E-state index contributed by atoms with van der Waals surface area (Å²) in [6, 6.07) is 7.89. The predicted molar refractivity (Wildman–Crippen MR) is 121 cm³/mol. The van der Waals surface area contributed by atoms with E-state index in [9.17, 15) is 14.7 Å². The molecule has 6 rings (SSSR count). The van der Waals surface area contributed by atoms with Crippen LogP contribution in [0.15, 0.2) is 43.0 Å². The molecule has 3 atom stereocenters. The van der Waals surface area contributed by atoms with Gasteiger partial charge in [-0.15, -0.1) is 0 Å². The van der Waals surface area contributed by atoms with Gasteiger partial charge in [0.15, 0.2) is 12.2 Å². The molecule has 34 heavy (non-hydrogen) atoms. The zero-order chi connectivity index (χ0) is 24.6. The molecule has 4 aliphatic rings. The van der Waals surface area contributed by atoms with Gasteiger partial charge in [0.2, 0.25) is 0 Å². The van der Waals surface area contributed by atoms with Crippen LogP contribution in [-0.2, 0) is 9.59 Å². The van der Waals surface area contributed by atoms with Gasteiger partial charge >= 0.3 is 11.9 Å².